The first-order valence-corrected chi connectivity index (χ1v) is 5.47. The Labute approximate surface area is 91.3 Å². The summed E-state index contributed by atoms with van der Waals surface area (Å²) in [5.74, 6) is 0.249. The van der Waals surface area contributed by atoms with Crippen LogP contribution in [0, 0.1) is 11.3 Å². The van der Waals surface area contributed by atoms with E-state index in [-0.39, 0.29) is 16.6 Å². The third kappa shape index (κ3) is 2.28. The predicted molar refractivity (Wildman–Crippen MR) is 54.7 cm³/mol. The zero-order valence-corrected chi connectivity index (χ0v) is 9.32. The minimum Gasteiger partial charge on any atom is -0.477 e. The second-order valence-electron chi connectivity index (χ2n) is 2.23. The number of nitriles is 1. The summed E-state index contributed by atoms with van der Waals surface area (Å²) in [6.07, 6.45) is 1.83. The zero-order valence-electron chi connectivity index (χ0n) is 7.74. The van der Waals surface area contributed by atoms with E-state index < -0.39 is 0 Å². The smallest absolute Gasteiger partial charge is 0.237 e. The first-order chi connectivity index (χ1) is 6.72. The molecule has 0 bridgehead atoms. The highest BCUT2D eigenvalue weighted by Gasteiger charge is 2.13. The fourth-order valence-corrected chi connectivity index (χ4v) is 1.43. The highest BCUT2D eigenvalue weighted by atomic mass is 35.5. The molecular formula is C8H8ClN3OS. The Balaban J connectivity index is 3.22. The summed E-state index contributed by atoms with van der Waals surface area (Å²) in [4.78, 5) is 7.96. The standard InChI is InChI=1S/C8H8ClN3OS/c1-3-13-7-5(4-10)6(9)11-8(12-7)14-2/h3H2,1-2H3. The Morgan fingerprint density at radius 1 is 1.57 bits per heavy atom. The Kier molecular flexibility index (Phi) is 3.98. The highest BCUT2D eigenvalue weighted by Crippen LogP contribution is 2.24. The molecule has 0 saturated carbocycles. The fourth-order valence-electron chi connectivity index (χ4n) is 0.822. The van der Waals surface area contributed by atoms with Crippen LogP contribution in [0.2, 0.25) is 5.15 Å². The SMILES string of the molecule is CCOc1nc(SC)nc(Cl)c1C#N. The van der Waals surface area contributed by atoms with Crippen LogP contribution in [-0.4, -0.2) is 22.8 Å². The highest BCUT2D eigenvalue weighted by molar-refractivity contribution is 7.98. The molecule has 6 heteroatoms. The van der Waals surface area contributed by atoms with Crippen molar-refractivity contribution < 1.29 is 4.74 Å². The summed E-state index contributed by atoms with van der Waals surface area (Å²) in [5, 5.41) is 9.42. The average Bonchev–Trinajstić information content (AvgIpc) is 2.18. The lowest BCUT2D eigenvalue weighted by Crippen LogP contribution is -2.01. The molecule has 1 rings (SSSR count). The van der Waals surface area contributed by atoms with Gasteiger partial charge in [-0.1, -0.05) is 23.4 Å². The van der Waals surface area contributed by atoms with Crippen LogP contribution in [0.4, 0.5) is 0 Å². The molecule has 0 aliphatic rings. The number of aromatic nitrogens is 2. The number of rotatable bonds is 3. The van der Waals surface area contributed by atoms with Crippen LogP contribution in [0.5, 0.6) is 5.88 Å². The number of thioether (sulfide) groups is 1. The molecule has 0 amide bonds. The van der Waals surface area contributed by atoms with Gasteiger partial charge in [-0.05, 0) is 13.2 Å². The van der Waals surface area contributed by atoms with Crippen molar-refractivity contribution in [3.05, 3.63) is 10.7 Å². The average molecular weight is 230 g/mol. The van der Waals surface area contributed by atoms with Crippen LogP contribution >= 0.6 is 23.4 Å². The second-order valence-corrected chi connectivity index (χ2v) is 3.36. The number of hydrogen-bond acceptors (Lipinski definition) is 5. The summed E-state index contributed by atoms with van der Waals surface area (Å²) in [6.45, 7) is 2.26. The molecule has 0 N–H and O–H groups in total. The van der Waals surface area contributed by atoms with Gasteiger partial charge in [0.25, 0.3) is 0 Å². The van der Waals surface area contributed by atoms with Gasteiger partial charge in [0, 0.05) is 0 Å². The molecule has 74 valence electrons. The fraction of sp³-hybridized carbons (Fsp3) is 0.375. The lowest BCUT2D eigenvalue weighted by molar-refractivity contribution is 0.322. The van der Waals surface area contributed by atoms with E-state index in [2.05, 4.69) is 9.97 Å². The van der Waals surface area contributed by atoms with Crippen LogP contribution in [0.15, 0.2) is 5.16 Å². The van der Waals surface area contributed by atoms with E-state index >= 15 is 0 Å². The van der Waals surface area contributed by atoms with Crippen molar-refractivity contribution in [3.8, 4) is 11.9 Å². The van der Waals surface area contributed by atoms with Gasteiger partial charge < -0.3 is 4.74 Å². The van der Waals surface area contributed by atoms with E-state index in [9.17, 15) is 0 Å². The van der Waals surface area contributed by atoms with Crippen molar-refractivity contribution in [3.63, 3.8) is 0 Å². The molecule has 0 aromatic carbocycles. The predicted octanol–water partition coefficient (Wildman–Crippen LogP) is 2.12. The summed E-state index contributed by atoms with van der Waals surface area (Å²) >= 11 is 7.13. The number of hydrogen-bond donors (Lipinski definition) is 0. The van der Waals surface area contributed by atoms with Crippen LogP contribution in [0.25, 0.3) is 0 Å². The summed E-state index contributed by atoms with van der Waals surface area (Å²) in [6, 6.07) is 1.91. The van der Waals surface area contributed by atoms with Crippen molar-refractivity contribution in [2.75, 3.05) is 12.9 Å². The molecule has 0 fully saturated rings. The van der Waals surface area contributed by atoms with Crippen molar-refractivity contribution in [1.29, 1.82) is 5.26 Å². The summed E-state index contributed by atoms with van der Waals surface area (Å²) < 4.78 is 5.18. The van der Waals surface area contributed by atoms with Crippen LogP contribution in [-0.2, 0) is 0 Å². The van der Waals surface area contributed by atoms with E-state index in [1.807, 2.05) is 19.2 Å². The van der Waals surface area contributed by atoms with Crippen LogP contribution in [0.1, 0.15) is 12.5 Å². The largest absolute Gasteiger partial charge is 0.477 e. The molecule has 0 atom stereocenters. The molecule has 0 saturated heterocycles. The summed E-state index contributed by atoms with van der Waals surface area (Å²) in [5.41, 5.74) is 0.186. The molecular weight excluding hydrogens is 222 g/mol. The molecule has 0 aliphatic heterocycles. The Morgan fingerprint density at radius 3 is 2.79 bits per heavy atom. The molecule has 0 aliphatic carbocycles. The maximum atomic E-state index is 8.79. The monoisotopic (exact) mass is 229 g/mol. The quantitative estimate of drug-likeness (QED) is 0.451. The maximum absolute atomic E-state index is 8.79. The van der Waals surface area contributed by atoms with Gasteiger partial charge in [-0.15, -0.1) is 0 Å². The van der Waals surface area contributed by atoms with Crippen LogP contribution < -0.4 is 4.74 Å². The van der Waals surface area contributed by atoms with E-state index in [1.165, 1.54) is 11.8 Å². The Bertz CT molecular complexity index is 378. The van der Waals surface area contributed by atoms with Gasteiger partial charge in [0.1, 0.15) is 6.07 Å². The third-order valence-corrected chi connectivity index (χ3v) is 2.21. The molecule has 0 spiro atoms. The number of halogens is 1. The van der Waals surface area contributed by atoms with E-state index in [0.717, 1.165) is 0 Å². The Morgan fingerprint density at radius 2 is 2.29 bits per heavy atom. The lowest BCUT2D eigenvalue weighted by atomic mass is 10.3. The minimum atomic E-state index is 0.135. The van der Waals surface area contributed by atoms with E-state index in [0.29, 0.717) is 11.8 Å². The third-order valence-electron chi connectivity index (χ3n) is 1.39. The molecule has 0 unspecified atom stereocenters. The topological polar surface area (TPSA) is 58.8 Å². The molecule has 1 heterocycles. The van der Waals surface area contributed by atoms with Gasteiger partial charge >= 0.3 is 0 Å². The van der Waals surface area contributed by atoms with E-state index in [4.69, 9.17) is 21.6 Å². The molecule has 1 aromatic heterocycles. The molecule has 1 aromatic rings. The second kappa shape index (κ2) is 5.03. The first kappa shape index (κ1) is 11.1. The minimum absolute atomic E-state index is 0.135. The van der Waals surface area contributed by atoms with Crippen molar-refractivity contribution >= 4 is 23.4 Å². The lowest BCUT2D eigenvalue weighted by Gasteiger charge is -2.05. The number of nitrogens with zero attached hydrogens (tertiary/aromatic N) is 3. The van der Waals surface area contributed by atoms with Gasteiger partial charge in [0.05, 0.1) is 6.61 Å². The van der Waals surface area contributed by atoms with Crippen molar-refractivity contribution in [2.24, 2.45) is 0 Å². The molecule has 14 heavy (non-hydrogen) atoms. The van der Waals surface area contributed by atoms with Crippen molar-refractivity contribution in [1.82, 2.24) is 9.97 Å². The van der Waals surface area contributed by atoms with Gasteiger partial charge in [-0.3, -0.25) is 0 Å². The van der Waals surface area contributed by atoms with Crippen molar-refractivity contribution in [2.45, 2.75) is 12.1 Å². The van der Waals surface area contributed by atoms with Gasteiger partial charge in [0.2, 0.25) is 5.88 Å². The molecule has 4 nitrogen and oxygen atoms in total. The summed E-state index contributed by atoms with van der Waals surface area (Å²) in [7, 11) is 0. The van der Waals surface area contributed by atoms with Gasteiger partial charge in [0.15, 0.2) is 15.9 Å². The van der Waals surface area contributed by atoms with E-state index in [1.54, 1.807) is 0 Å². The number of ether oxygens (including phenoxy) is 1. The first-order valence-electron chi connectivity index (χ1n) is 3.87. The van der Waals surface area contributed by atoms with Gasteiger partial charge in [-0.25, -0.2) is 4.98 Å². The Hall–Kier alpha value is -0.990. The van der Waals surface area contributed by atoms with Crippen LogP contribution in [0.3, 0.4) is 0 Å². The zero-order chi connectivity index (χ0) is 10.6. The maximum Gasteiger partial charge on any atom is 0.237 e. The molecule has 0 radical (unpaired) electrons. The van der Waals surface area contributed by atoms with Gasteiger partial charge in [-0.2, -0.15) is 10.2 Å². The normalized spacial score (nSPS) is 9.57.